The molecule has 0 fully saturated rings. The van der Waals surface area contributed by atoms with E-state index in [0.29, 0.717) is 16.6 Å². The van der Waals surface area contributed by atoms with Crippen LogP contribution in [0, 0.1) is 5.82 Å². The summed E-state index contributed by atoms with van der Waals surface area (Å²) >= 11 is 1.23. The minimum atomic E-state index is -0.959. The summed E-state index contributed by atoms with van der Waals surface area (Å²) in [5.74, 6) is 0.410. The van der Waals surface area contributed by atoms with Gasteiger partial charge in [-0.25, -0.2) is 4.39 Å². The molecule has 3 rings (SSSR count). The number of nitrogens with zero attached hydrogens (tertiary/aromatic N) is 4. The first kappa shape index (κ1) is 16.4. The number of halogens is 1. The van der Waals surface area contributed by atoms with Crippen molar-refractivity contribution in [2.45, 2.75) is 11.3 Å². The predicted octanol–water partition coefficient (Wildman–Crippen LogP) is 2.64. The Kier molecular flexibility index (Phi) is 5.07. The van der Waals surface area contributed by atoms with E-state index in [2.05, 4.69) is 15.5 Å². The van der Waals surface area contributed by atoms with Gasteiger partial charge in [-0.2, -0.15) is 4.68 Å². The van der Waals surface area contributed by atoms with Crippen LogP contribution in [0.1, 0.15) is 11.7 Å². The van der Waals surface area contributed by atoms with E-state index in [1.807, 2.05) is 18.2 Å². The van der Waals surface area contributed by atoms with Gasteiger partial charge in [0.2, 0.25) is 5.16 Å². The molecule has 0 bridgehead atoms. The lowest BCUT2D eigenvalue weighted by atomic mass is 10.1. The van der Waals surface area contributed by atoms with Gasteiger partial charge in [0.25, 0.3) is 0 Å². The standard InChI is InChI=1S/C16H15FN4O2S/c1-23-15-9-5-4-8-13(15)21-16(18-19-20-21)24-10-14(22)11-6-2-3-7-12(11)17/h2-9,14,22H,10H2,1H3/t14-/m0/s1. The maximum absolute atomic E-state index is 13.7. The third-order valence-corrected chi connectivity index (χ3v) is 4.38. The number of hydrogen-bond donors (Lipinski definition) is 1. The van der Waals surface area contributed by atoms with Gasteiger partial charge in [-0.05, 0) is 28.6 Å². The maximum Gasteiger partial charge on any atom is 0.214 e. The van der Waals surface area contributed by atoms with Gasteiger partial charge in [0.05, 0.1) is 13.2 Å². The Morgan fingerprint density at radius 2 is 1.96 bits per heavy atom. The number of ether oxygens (including phenoxy) is 1. The largest absolute Gasteiger partial charge is 0.494 e. The number of methoxy groups -OCH3 is 1. The van der Waals surface area contributed by atoms with Crippen LogP contribution in [0.15, 0.2) is 53.7 Å². The van der Waals surface area contributed by atoms with Crippen LogP contribution in [0.25, 0.3) is 5.69 Å². The molecule has 6 nitrogen and oxygen atoms in total. The Morgan fingerprint density at radius 3 is 2.75 bits per heavy atom. The van der Waals surface area contributed by atoms with E-state index in [9.17, 15) is 9.50 Å². The molecule has 0 saturated heterocycles. The number of para-hydroxylation sites is 2. The molecule has 24 heavy (non-hydrogen) atoms. The smallest absolute Gasteiger partial charge is 0.214 e. The molecule has 0 aliphatic heterocycles. The molecule has 0 aliphatic carbocycles. The second-order valence-electron chi connectivity index (χ2n) is 4.89. The average molecular weight is 346 g/mol. The van der Waals surface area contributed by atoms with Crippen LogP contribution in [-0.2, 0) is 0 Å². The summed E-state index contributed by atoms with van der Waals surface area (Å²) in [4.78, 5) is 0. The van der Waals surface area contributed by atoms with Crippen LogP contribution in [0.2, 0.25) is 0 Å². The van der Waals surface area contributed by atoms with E-state index in [0.717, 1.165) is 0 Å². The minimum Gasteiger partial charge on any atom is -0.494 e. The number of tetrazole rings is 1. The molecular weight excluding hydrogens is 331 g/mol. The van der Waals surface area contributed by atoms with Crippen LogP contribution < -0.4 is 4.74 Å². The highest BCUT2D eigenvalue weighted by atomic mass is 32.2. The molecule has 0 amide bonds. The topological polar surface area (TPSA) is 73.1 Å². The second kappa shape index (κ2) is 7.41. The summed E-state index contributed by atoms with van der Waals surface area (Å²) in [6.07, 6.45) is -0.959. The summed E-state index contributed by atoms with van der Waals surface area (Å²) in [5, 5.41) is 22.3. The van der Waals surface area contributed by atoms with Gasteiger partial charge in [0.1, 0.15) is 17.3 Å². The van der Waals surface area contributed by atoms with E-state index < -0.39 is 11.9 Å². The quantitative estimate of drug-likeness (QED) is 0.692. The number of aliphatic hydroxyl groups is 1. The molecule has 0 radical (unpaired) electrons. The Bertz CT molecular complexity index is 827. The average Bonchev–Trinajstić information content (AvgIpc) is 3.08. The second-order valence-corrected chi connectivity index (χ2v) is 5.88. The fourth-order valence-corrected chi connectivity index (χ4v) is 3.05. The number of benzene rings is 2. The highest BCUT2D eigenvalue weighted by Crippen LogP contribution is 2.28. The van der Waals surface area contributed by atoms with Gasteiger partial charge < -0.3 is 9.84 Å². The lowest BCUT2D eigenvalue weighted by Crippen LogP contribution is -2.06. The van der Waals surface area contributed by atoms with Crippen LogP contribution in [-0.4, -0.2) is 38.2 Å². The first-order valence-corrected chi connectivity index (χ1v) is 8.16. The zero-order chi connectivity index (χ0) is 16.9. The molecule has 1 aromatic heterocycles. The number of aromatic nitrogens is 4. The Hall–Kier alpha value is -2.45. The Morgan fingerprint density at radius 1 is 1.21 bits per heavy atom. The van der Waals surface area contributed by atoms with Crippen molar-refractivity contribution < 1.29 is 14.2 Å². The van der Waals surface area contributed by atoms with Crippen LogP contribution in [0.3, 0.4) is 0 Å². The van der Waals surface area contributed by atoms with Crippen molar-refractivity contribution in [2.24, 2.45) is 0 Å². The highest BCUT2D eigenvalue weighted by molar-refractivity contribution is 7.99. The number of aliphatic hydroxyl groups excluding tert-OH is 1. The lowest BCUT2D eigenvalue weighted by molar-refractivity contribution is 0.199. The van der Waals surface area contributed by atoms with Crippen LogP contribution >= 0.6 is 11.8 Å². The molecule has 0 saturated carbocycles. The molecule has 0 spiro atoms. The van der Waals surface area contributed by atoms with E-state index >= 15 is 0 Å². The molecular formula is C16H15FN4O2S. The van der Waals surface area contributed by atoms with Crippen molar-refractivity contribution in [1.29, 1.82) is 0 Å². The van der Waals surface area contributed by atoms with Gasteiger partial charge in [-0.1, -0.05) is 42.1 Å². The summed E-state index contributed by atoms with van der Waals surface area (Å²) in [5.41, 5.74) is 0.939. The van der Waals surface area contributed by atoms with Gasteiger partial charge in [0.15, 0.2) is 0 Å². The van der Waals surface area contributed by atoms with E-state index in [-0.39, 0.29) is 11.3 Å². The predicted molar refractivity (Wildman–Crippen MR) is 87.8 cm³/mol. The van der Waals surface area contributed by atoms with Crippen molar-refractivity contribution in [3.8, 4) is 11.4 Å². The van der Waals surface area contributed by atoms with Crippen molar-refractivity contribution >= 4 is 11.8 Å². The van der Waals surface area contributed by atoms with Gasteiger partial charge in [-0.15, -0.1) is 5.10 Å². The molecule has 8 heteroatoms. The first-order chi connectivity index (χ1) is 11.7. The van der Waals surface area contributed by atoms with E-state index in [1.165, 1.54) is 22.5 Å². The molecule has 0 unspecified atom stereocenters. The number of rotatable bonds is 6. The third-order valence-electron chi connectivity index (χ3n) is 3.39. The molecule has 1 heterocycles. The fraction of sp³-hybridized carbons (Fsp3) is 0.188. The van der Waals surface area contributed by atoms with Crippen molar-refractivity contribution in [2.75, 3.05) is 12.9 Å². The first-order valence-electron chi connectivity index (χ1n) is 7.17. The molecule has 124 valence electrons. The molecule has 1 atom stereocenters. The highest BCUT2D eigenvalue weighted by Gasteiger charge is 2.17. The Labute approximate surface area is 142 Å². The lowest BCUT2D eigenvalue weighted by Gasteiger charge is -2.12. The summed E-state index contributed by atoms with van der Waals surface area (Å²) < 4.78 is 20.6. The molecule has 3 aromatic rings. The normalized spacial score (nSPS) is 12.1. The van der Waals surface area contributed by atoms with Crippen LogP contribution in [0.5, 0.6) is 5.75 Å². The van der Waals surface area contributed by atoms with E-state index in [4.69, 9.17) is 4.74 Å². The fourth-order valence-electron chi connectivity index (χ4n) is 2.21. The van der Waals surface area contributed by atoms with Gasteiger partial charge in [0, 0.05) is 11.3 Å². The van der Waals surface area contributed by atoms with Crippen molar-refractivity contribution in [3.63, 3.8) is 0 Å². The summed E-state index contributed by atoms with van der Waals surface area (Å²) in [7, 11) is 1.57. The van der Waals surface area contributed by atoms with Crippen molar-refractivity contribution in [3.05, 3.63) is 59.9 Å². The molecule has 1 N–H and O–H groups in total. The zero-order valence-electron chi connectivity index (χ0n) is 12.8. The monoisotopic (exact) mass is 346 g/mol. The summed E-state index contributed by atoms with van der Waals surface area (Å²) in [6.45, 7) is 0. The van der Waals surface area contributed by atoms with Crippen LogP contribution in [0.4, 0.5) is 4.39 Å². The van der Waals surface area contributed by atoms with E-state index in [1.54, 1.807) is 31.4 Å². The molecule has 0 aliphatic rings. The SMILES string of the molecule is COc1ccccc1-n1nnnc1SC[C@H](O)c1ccccc1F. The van der Waals surface area contributed by atoms with Gasteiger partial charge in [-0.3, -0.25) is 0 Å². The number of hydrogen-bond acceptors (Lipinski definition) is 6. The maximum atomic E-state index is 13.7. The Balaban J connectivity index is 1.78. The zero-order valence-corrected chi connectivity index (χ0v) is 13.7. The summed E-state index contributed by atoms with van der Waals surface area (Å²) in [6, 6.07) is 13.5. The minimum absolute atomic E-state index is 0.219. The number of thioether (sulfide) groups is 1. The molecule has 2 aromatic carbocycles. The third kappa shape index (κ3) is 3.39. The van der Waals surface area contributed by atoms with Gasteiger partial charge >= 0.3 is 0 Å². The van der Waals surface area contributed by atoms with Crippen molar-refractivity contribution in [1.82, 2.24) is 20.2 Å².